The van der Waals surface area contributed by atoms with Gasteiger partial charge in [0.05, 0.1) is 10.6 Å². The van der Waals surface area contributed by atoms with Gasteiger partial charge >= 0.3 is 6.18 Å². The molecule has 1 fully saturated rings. The molecule has 5 heteroatoms. The Bertz CT molecular complexity index is 454. The largest absolute Gasteiger partial charge is 0.417 e. The molecule has 2 unspecified atom stereocenters. The van der Waals surface area contributed by atoms with Gasteiger partial charge < -0.3 is 5.73 Å². The molecule has 1 saturated carbocycles. The van der Waals surface area contributed by atoms with E-state index in [2.05, 4.69) is 0 Å². The van der Waals surface area contributed by atoms with Crippen molar-refractivity contribution in [3.63, 3.8) is 0 Å². The monoisotopic (exact) mass is 263 g/mol. The second-order valence-electron chi connectivity index (χ2n) is 5.06. The quantitative estimate of drug-likeness (QED) is 0.819. The van der Waals surface area contributed by atoms with E-state index in [1.165, 1.54) is 6.07 Å². The van der Waals surface area contributed by atoms with Crippen LogP contribution in [0, 0.1) is 5.41 Å². The van der Waals surface area contributed by atoms with Gasteiger partial charge in [-0.1, -0.05) is 31.5 Å². The minimum absolute atomic E-state index is 0.0270. The Morgan fingerprint density at radius 1 is 1.29 bits per heavy atom. The molecule has 94 valence electrons. The molecule has 0 saturated heterocycles. The molecule has 2 N–H and O–H groups in total. The van der Waals surface area contributed by atoms with E-state index in [0.717, 1.165) is 6.07 Å². The van der Waals surface area contributed by atoms with Crippen molar-refractivity contribution in [1.29, 1.82) is 0 Å². The van der Waals surface area contributed by atoms with Crippen molar-refractivity contribution in [3.05, 3.63) is 34.3 Å². The summed E-state index contributed by atoms with van der Waals surface area (Å²) in [6, 6.07) is 3.93. The van der Waals surface area contributed by atoms with Gasteiger partial charge in [-0.05, 0) is 23.1 Å². The van der Waals surface area contributed by atoms with Crippen molar-refractivity contribution in [1.82, 2.24) is 0 Å². The van der Waals surface area contributed by atoms with Crippen LogP contribution in [0.25, 0.3) is 0 Å². The van der Waals surface area contributed by atoms with Crippen molar-refractivity contribution >= 4 is 11.6 Å². The third-order valence-corrected chi connectivity index (χ3v) is 3.90. The molecule has 0 aliphatic heterocycles. The number of alkyl halides is 3. The van der Waals surface area contributed by atoms with E-state index in [-0.39, 0.29) is 22.4 Å². The minimum Gasteiger partial charge on any atom is -0.327 e. The predicted molar refractivity (Wildman–Crippen MR) is 61.0 cm³/mol. The van der Waals surface area contributed by atoms with Crippen LogP contribution in [0.5, 0.6) is 0 Å². The molecule has 2 rings (SSSR count). The Labute approximate surface area is 103 Å². The Morgan fingerprint density at radius 3 is 2.24 bits per heavy atom. The van der Waals surface area contributed by atoms with Gasteiger partial charge in [-0.25, -0.2) is 0 Å². The highest BCUT2D eigenvalue weighted by Gasteiger charge is 2.56. The molecule has 1 aromatic carbocycles. The molecule has 17 heavy (non-hydrogen) atoms. The van der Waals surface area contributed by atoms with Crippen molar-refractivity contribution in [3.8, 4) is 0 Å². The van der Waals surface area contributed by atoms with Crippen LogP contribution in [0.1, 0.15) is 30.9 Å². The first kappa shape index (κ1) is 12.7. The van der Waals surface area contributed by atoms with Crippen LogP contribution in [-0.4, -0.2) is 6.04 Å². The molecule has 0 heterocycles. The van der Waals surface area contributed by atoms with Crippen LogP contribution in [0.3, 0.4) is 0 Å². The number of halogens is 4. The van der Waals surface area contributed by atoms with E-state index < -0.39 is 11.7 Å². The maximum Gasteiger partial charge on any atom is 0.417 e. The lowest BCUT2D eigenvalue weighted by molar-refractivity contribution is -0.137. The van der Waals surface area contributed by atoms with Crippen LogP contribution >= 0.6 is 11.6 Å². The standard InChI is InChI=1S/C12H13ClF3N/c1-11(2)9(10(11)17)6-3-4-8(13)7(5-6)12(14,15)16/h3-5,9-10H,17H2,1-2H3. The number of nitrogens with two attached hydrogens (primary N) is 1. The summed E-state index contributed by atoms with van der Waals surface area (Å²) in [6.07, 6.45) is -4.42. The zero-order valence-electron chi connectivity index (χ0n) is 9.48. The lowest BCUT2D eigenvalue weighted by Crippen LogP contribution is -2.08. The predicted octanol–water partition coefficient (Wildman–Crippen LogP) is 3.81. The Hall–Kier alpha value is -0.740. The highest BCUT2D eigenvalue weighted by molar-refractivity contribution is 6.31. The topological polar surface area (TPSA) is 26.0 Å². The molecule has 0 amide bonds. The average Bonchev–Trinajstić information content (AvgIpc) is 2.66. The highest BCUT2D eigenvalue weighted by atomic mass is 35.5. The van der Waals surface area contributed by atoms with Gasteiger partial charge in [-0.15, -0.1) is 0 Å². The van der Waals surface area contributed by atoms with Gasteiger partial charge in [0.25, 0.3) is 0 Å². The maximum atomic E-state index is 12.7. The van der Waals surface area contributed by atoms with E-state index in [1.807, 2.05) is 13.8 Å². The van der Waals surface area contributed by atoms with Gasteiger partial charge in [-0.3, -0.25) is 0 Å². The summed E-state index contributed by atoms with van der Waals surface area (Å²) in [5, 5.41) is -0.270. The normalized spacial score (nSPS) is 27.0. The first-order chi connectivity index (χ1) is 7.65. The zero-order valence-corrected chi connectivity index (χ0v) is 10.2. The van der Waals surface area contributed by atoms with Gasteiger partial charge in [-0.2, -0.15) is 13.2 Å². The summed E-state index contributed by atoms with van der Waals surface area (Å²) in [6.45, 7) is 3.90. The molecular formula is C12H13ClF3N. The molecule has 0 aromatic heterocycles. The third-order valence-electron chi connectivity index (χ3n) is 3.57. The Morgan fingerprint density at radius 2 is 1.82 bits per heavy atom. The number of benzene rings is 1. The van der Waals surface area contributed by atoms with Crippen molar-refractivity contribution in [2.75, 3.05) is 0 Å². The Balaban J connectivity index is 2.40. The second-order valence-corrected chi connectivity index (χ2v) is 5.47. The summed E-state index contributed by atoms with van der Waals surface area (Å²) in [4.78, 5) is 0. The first-order valence-electron chi connectivity index (χ1n) is 5.28. The molecule has 2 atom stereocenters. The van der Waals surface area contributed by atoms with E-state index >= 15 is 0 Å². The lowest BCUT2D eigenvalue weighted by atomic mass is 10.0. The molecule has 1 aromatic rings. The van der Waals surface area contributed by atoms with Gasteiger partial charge in [0.2, 0.25) is 0 Å². The van der Waals surface area contributed by atoms with E-state index in [9.17, 15) is 13.2 Å². The van der Waals surface area contributed by atoms with Gasteiger partial charge in [0.15, 0.2) is 0 Å². The molecule has 0 radical (unpaired) electrons. The highest BCUT2D eigenvalue weighted by Crippen LogP contribution is 2.57. The summed E-state index contributed by atoms with van der Waals surface area (Å²) in [5.41, 5.74) is 5.54. The summed E-state index contributed by atoms with van der Waals surface area (Å²) in [5.74, 6) is -0.0270. The second kappa shape index (κ2) is 3.62. The van der Waals surface area contributed by atoms with E-state index in [1.54, 1.807) is 6.07 Å². The van der Waals surface area contributed by atoms with Gasteiger partial charge in [0, 0.05) is 12.0 Å². The first-order valence-corrected chi connectivity index (χ1v) is 5.65. The summed E-state index contributed by atoms with van der Waals surface area (Å²) >= 11 is 5.56. The van der Waals surface area contributed by atoms with Gasteiger partial charge in [0.1, 0.15) is 0 Å². The fraction of sp³-hybridized carbons (Fsp3) is 0.500. The molecule has 1 nitrogen and oxygen atoms in total. The number of rotatable bonds is 1. The molecule has 0 bridgehead atoms. The average molecular weight is 264 g/mol. The van der Waals surface area contributed by atoms with Crippen LogP contribution in [0.4, 0.5) is 13.2 Å². The van der Waals surface area contributed by atoms with Crippen LogP contribution in [0.2, 0.25) is 5.02 Å². The minimum atomic E-state index is -4.42. The molecular weight excluding hydrogens is 251 g/mol. The zero-order chi connectivity index (χ0) is 13.0. The maximum absolute atomic E-state index is 12.7. The van der Waals surface area contributed by atoms with Crippen molar-refractivity contribution in [2.24, 2.45) is 11.1 Å². The smallest absolute Gasteiger partial charge is 0.327 e. The molecule has 1 aliphatic carbocycles. The lowest BCUT2D eigenvalue weighted by Gasteiger charge is -2.11. The van der Waals surface area contributed by atoms with Crippen LogP contribution in [0.15, 0.2) is 18.2 Å². The number of hydrogen-bond acceptors (Lipinski definition) is 1. The fourth-order valence-corrected chi connectivity index (χ4v) is 2.49. The SMILES string of the molecule is CC1(C)C(N)C1c1ccc(Cl)c(C(F)(F)F)c1. The molecule has 0 spiro atoms. The van der Waals surface area contributed by atoms with Crippen LogP contribution < -0.4 is 5.73 Å². The van der Waals surface area contributed by atoms with E-state index in [0.29, 0.717) is 5.56 Å². The number of hydrogen-bond donors (Lipinski definition) is 1. The van der Waals surface area contributed by atoms with Crippen molar-refractivity contribution < 1.29 is 13.2 Å². The van der Waals surface area contributed by atoms with Crippen LogP contribution in [-0.2, 0) is 6.18 Å². The summed E-state index contributed by atoms with van der Waals surface area (Å²) < 4.78 is 38.1. The van der Waals surface area contributed by atoms with E-state index in [4.69, 9.17) is 17.3 Å². The van der Waals surface area contributed by atoms with Crippen molar-refractivity contribution in [2.45, 2.75) is 32.0 Å². The third kappa shape index (κ3) is 2.04. The Kier molecular flexibility index (Phi) is 2.71. The molecule has 1 aliphatic rings. The summed E-state index contributed by atoms with van der Waals surface area (Å²) in [7, 11) is 0. The fourth-order valence-electron chi connectivity index (χ4n) is 2.27.